The van der Waals surface area contributed by atoms with Crippen LogP contribution in [0.25, 0.3) is 0 Å². The van der Waals surface area contributed by atoms with Crippen molar-refractivity contribution < 1.29 is 20.1 Å². The second-order valence-electron chi connectivity index (χ2n) is 3.83. The first-order chi connectivity index (χ1) is 6.99. The van der Waals surface area contributed by atoms with E-state index in [2.05, 4.69) is 5.32 Å². The zero-order valence-electron chi connectivity index (χ0n) is 8.92. The first kappa shape index (κ1) is 12.4. The first-order valence-corrected chi connectivity index (χ1v) is 5.01. The van der Waals surface area contributed by atoms with Gasteiger partial charge in [0.15, 0.2) is 0 Å². The third-order valence-corrected chi connectivity index (χ3v) is 2.64. The Morgan fingerprint density at radius 1 is 1.40 bits per heavy atom. The van der Waals surface area contributed by atoms with Crippen molar-refractivity contribution in [2.45, 2.75) is 31.3 Å². The van der Waals surface area contributed by atoms with E-state index in [4.69, 9.17) is 0 Å². The van der Waals surface area contributed by atoms with Gasteiger partial charge in [-0.1, -0.05) is 0 Å². The maximum Gasteiger partial charge on any atom is 0.240 e. The Morgan fingerprint density at radius 3 is 2.53 bits per heavy atom. The molecule has 88 valence electrons. The number of likely N-dealkylation sites (N-methyl/N-ethyl adjacent to an activating group) is 2. The molecule has 6 nitrogen and oxygen atoms in total. The summed E-state index contributed by atoms with van der Waals surface area (Å²) < 4.78 is 0. The molecule has 0 aromatic carbocycles. The van der Waals surface area contributed by atoms with Crippen LogP contribution in [0, 0.1) is 0 Å². The summed E-state index contributed by atoms with van der Waals surface area (Å²) in [4.78, 5) is 13.1. The van der Waals surface area contributed by atoms with E-state index in [9.17, 15) is 20.1 Å². The van der Waals surface area contributed by atoms with Gasteiger partial charge in [0, 0.05) is 13.1 Å². The van der Waals surface area contributed by atoms with Gasteiger partial charge in [0.25, 0.3) is 0 Å². The highest BCUT2D eigenvalue weighted by Crippen LogP contribution is 2.17. The Bertz CT molecular complexity index is 236. The van der Waals surface area contributed by atoms with Crippen LogP contribution in [0.3, 0.4) is 0 Å². The molecule has 1 rings (SSSR count). The number of β-amino-alcohol motifs (C(OH)–C–C–N with tert-alkyl or cyclic N) is 1. The fourth-order valence-corrected chi connectivity index (χ4v) is 1.83. The van der Waals surface area contributed by atoms with Gasteiger partial charge in [0.2, 0.25) is 5.91 Å². The fourth-order valence-electron chi connectivity index (χ4n) is 1.83. The van der Waals surface area contributed by atoms with Gasteiger partial charge in [-0.25, -0.2) is 0 Å². The molecule has 0 spiro atoms. The third-order valence-electron chi connectivity index (χ3n) is 2.64. The molecule has 0 aromatic rings. The highest BCUT2D eigenvalue weighted by Gasteiger charge is 2.43. The molecule has 1 aliphatic rings. The lowest BCUT2D eigenvalue weighted by atomic mass is 9.94. The lowest BCUT2D eigenvalue weighted by Gasteiger charge is -2.40. The molecule has 4 unspecified atom stereocenters. The molecular formula is C9H18N2O4. The molecule has 1 fully saturated rings. The van der Waals surface area contributed by atoms with Crippen LogP contribution >= 0.6 is 0 Å². The quantitative estimate of drug-likeness (QED) is 0.412. The molecule has 4 N–H and O–H groups in total. The summed E-state index contributed by atoms with van der Waals surface area (Å²) in [5, 5.41) is 31.1. The Morgan fingerprint density at radius 2 is 2.00 bits per heavy atom. The van der Waals surface area contributed by atoms with Crippen molar-refractivity contribution in [3.63, 3.8) is 0 Å². The summed E-state index contributed by atoms with van der Waals surface area (Å²) >= 11 is 0. The van der Waals surface area contributed by atoms with E-state index >= 15 is 0 Å². The van der Waals surface area contributed by atoms with Crippen LogP contribution in [0.4, 0.5) is 0 Å². The average Bonchev–Trinajstić information content (AvgIpc) is 2.15. The SMILES string of the molecule is CCNC(=O)C1C(O)C(O)C(O)CN1C. The maximum absolute atomic E-state index is 11.6. The number of hydrogen-bond acceptors (Lipinski definition) is 5. The summed E-state index contributed by atoms with van der Waals surface area (Å²) in [5.41, 5.74) is 0. The van der Waals surface area contributed by atoms with Gasteiger partial charge in [-0.15, -0.1) is 0 Å². The van der Waals surface area contributed by atoms with E-state index < -0.39 is 24.4 Å². The van der Waals surface area contributed by atoms with Crippen molar-refractivity contribution in [1.82, 2.24) is 10.2 Å². The second-order valence-corrected chi connectivity index (χ2v) is 3.83. The molecule has 1 heterocycles. The predicted molar refractivity (Wildman–Crippen MR) is 53.1 cm³/mol. The van der Waals surface area contributed by atoms with Crippen molar-refractivity contribution in [3.05, 3.63) is 0 Å². The van der Waals surface area contributed by atoms with E-state index in [1.165, 1.54) is 4.90 Å². The smallest absolute Gasteiger partial charge is 0.240 e. The van der Waals surface area contributed by atoms with E-state index in [0.29, 0.717) is 6.54 Å². The molecule has 1 saturated heterocycles. The van der Waals surface area contributed by atoms with Gasteiger partial charge in [-0.2, -0.15) is 0 Å². The second kappa shape index (κ2) is 4.89. The highest BCUT2D eigenvalue weighted by molar-refractivity contribution is 5.82. The Hall–Kier alpha value is -0.690. The molecule has 0 aliphatic carbocycles. The van der Waals surface area contributed by atoms with Crippen molar-refractivity contribution in [2.24, 2.45) is 0 Å². The van der Waals surface area contributed by atoms with E-state index in [1.807, 2.05) is 0 Å². The Balaban J connectivity index is 2.73. The summed E-state index contributed by atoms with van der Waals surface area (Å²) in [6.07, 6.45) is -3.55. The van der Waals surface area contributed by atoms with Gasteiger partial charge in [-0.05, 0) is 14.0 Å². The van der Waals surface area contributed by atoms with Crippen LogP contribution in [-0.2, 0) is 4.79 Å². The summed E-state index contributed by atoms with van der Waals surface area (Å²) in [6, 6.07) is -0.802. The van der Waals surface area contributed by atoms with Crippen molar-refractivity contribution in [1.29, 1.82) is 0 Å². The van der Waals surface area contributed by atoms with E-state index in [0.717, 1.165) is 0 Å². The molecule has 1 aliphatic heterocycles. The lowest BCUT2D eigenvalue weighted by molar-refractivity contribution is -0.154. The maximum atomic E-state index is 11.6. The number of carbonyl (C=O) groups excluding carboxylic acids is 1. The molecule has 0 aromatic heterocycles. The standard InChI is InChI=1S/C9H18N2O4/c1-3-10-9(15)6-8(14)7(13)5(12)4-11(6)2/h5-8,12-14H,3-4H2,1-2H3,(H,10,15). The fraction of sp³-hybridized carbons (Fsp3) is 0.889. The van der Waals surface area contributed by atoms with Crippen LogP contribution in [0.1, 0.15) is 6.92 Å². The third kappa shape index (κ3) is 2.46. The number of piperidine rings is 1. The molecule has 1 amide bonds. The van der Waals surface area contributed by atoms with Gasteiger partial charge in [0.05, 0.1) is 6.10 Å². The van der Waals surface area contributed by atoms with Crippen molar-refractivity contribution in [3.8, 4) is 0 Å². The number of nitrogens with one attached hydrogen (secondary N) is 1. The number of amides is 1. The Kier molecular flexibility index (Phi) is 4.04. The molecule has 0 saturated carbocycles. The van der Waals surface area contributed by atoms with Gasteiger partial charge in [-0.3, -0.25) is 9.69 Å². The average molecular weight is 218 g/mol. The predicted octanol–water partition coefficient (Wildman–Crippen LogP) is -2.48. The minimum Gasteiger partial charge on any atom is -0.389 e. The van der Waals surface area contributed by atoms with E-state index in [1.54, 1.807) is 14.0 Å². The number of hydrogen-bond donors (Lipinski definition) is 4. The first-order valence-electron chi connectivity index (χ1n) is 5.01. The van der Waals surface area contributed by atoms with Crippen LogP contribution < -0.4 is 5.32 Å². The van der Waals surface area contributed by atoms with E-state index in [-0.39, 0.29) is 12.5 Å². The summed E-state index contributed by atoms with van der Waals surface area (Å²) in [6.45, 7) is 2.41. The number of nitrogens with zero attached hydrogens (tertiary/aromatic N) is 1. The van der Waals surface area contributed by atoms with Crippen LogP contribution in [0.2, 0.25) is 0 Å². The molecule has 0 bridgehead atoms. The van der Waals surface area contributed by atoms with Gasteiger partial charge < -0.3 is 20.6 Å². The van der Waals surface area contributed by atoms with Crippen LogP contribution in [0.5, 0.6) is 0 Å². The minimum atomic E-state index is -1.27. The number of likely N-dealkylation sites (tertiary alicyclic amines) is 1. The van der Waals surface area contributed by atoms with Crippen molar-refractivity contribution in [2.75, 3.05) is 20.1 Å². The molecule has 6 heteroatoms. The Labute approximate surface area is 88.5 Å². The molecule has 0 radical (unpaired) electrons. The molecular weight excluding hydrogens is 200 g/mol. The van der Waals surface area contributed by atoms with Crippen LogP contribution in [0.15, 0.2) is 0 Å². The monoisotopic (exact) mass is 218 g/mol. The number of aliphatic hydroxyl groups excluding tert-OH is 3. The van der Waals surface area contributed by atoms with Gasteiger partial charge in [0.1, 0.15) is 18.2 Å². The topological polar surface area (TPSA) is 93.0 Å². The number of carbonyl (C=O) groups is 1. The minimum absolute atomic E-state index is 0.167. The molecule has 15 heavy (non-hydrogen) atoms. The van der Waals surface area contributed by atoms with Crippen LogP contribution in [-0.4, -0.2) is 70.6 Å². The normalized spacial score (nSPS) is 37.7. The largest absolute Gasteiger partial charge is 0.389 e. The summed E-state index contributed by atoms with van der Waals surface area (Å²) in [7, 11) is 1.62. The zero-order chi connectivity index (χ0) is 11.6. The summed E-state index contributed by atoms with van der Waals surface area (Å²) in [5.74, 6) is -0.335. The number of aliphatic hydroxyl groups is 3. The number of rotatable bonds is 2. The highest BCUT2D eigenvalue weighted by atomic mass is 16.4. The lowest BCUT2D eigenvalue weighted by Crippen LogP contribution is -2.64. The molecule has 4 atom stereocenters. The van der Waals surface area contributed by atoms with Gasteiger partial charge >= 0.3 is 0 Å². The zero-order valence-corrected chi connectivity index (χ0v) is 8.92. The van der Waals surface area contributed by atoms with Crippen molar-refractivity contribution >= 4 is 5.91 Å².